The molecule has 0 fully saturated rings. The van der Waals surface area contributed by atoms with Crippen LogP contribution in [0, 0.1) is 0 Å². The predicted octanol–water partition coefficient (Wildman–Crippen LogP) is 3.78. The van der Waals surface area contributed by atoms with Crippen LogP contribution in [-0.4, -0.2) is 14.2 Å². The monoisotopic (exact) mass is 315 g/mol. The number of ether oxygens (including phenoxy) is 2. The largest absolute Gasteiger partial charge is 0.493 e. The Labute approximate surface area is 118 Å². The third kappa shape index (κ3) is 2.81. The number of nitrogens with two attached hydrogens (primary N) is 1. The molecule has 0 saturated carbocycles. The lowest BCUT2D eigenvalue weighted by molar-refractivity contribution is 0.347. The Kier molecular flexibility index (Phi) is 4.67. The maximum Gasteiger partial charge on any atom is 0.164 e. The van der Waals surface area contributed by atoms with Gasteiger partial charge in [-0.3, -0.25) is 0 Å². The summed E-state index contributed by atoms with van der Waals surface area (Å²) in [6.45, 7) is 8.23. The molecular weight excluding hydrogens is 294 g/mol. The third-order valence-electron chi connectivity index (χ3n) is 2.88. The molecule has 0 aliphatic rings. The molecular formula is C14H22BrNO2. The first-order chi connectivity index (χ1) is 8.23. The molecule has 0 spiro atoms. The van der Waals surface area contributed by atoms with Crippen molar-refractivity contribution >= 4 is 15.9 Å². The molecule has 0 heterocycles. The van der Waals surface area contributed by atoms with Crippen molar-refractivity contribution in [3.8, 4) is 11.5 Å². The fourth-order valence-electron chi connectivity index (χ4n) is 2.20. The Morgan fingerprint density at radius 3 is 2.11 bits per heavy atom. The van der Waals surface area contributed by atoms with E-state index in [1.165, 1.54) is 0 Å². The van der Waals surface area contributed by atoms with Gasteiger partial charge >= 0.3 is 0 Å². The fraction of sp³-hybridized carbons (Fsp3) is 0.571. The van der Waals surface area contributed by atoms with Gasteiger partial charge in [0.25, 0.3) is 0 Å². The molecule has 0 aliphatic carbocycles. The second-order valence-corrected chi connectivity index (χ2v) is 6.11. The Morgan fingerprint density at radius 2 is 1.78 bits per heavy atom. The Balaban J connectivity index is 3.71. The van der Waals surface area contributed by atoms with Crippen LogP contribution in [0.1, 0.15) is 44.7 Å². The van der Waals surface area contributed by atoms with Crippen molar-refractivity contribution in [2.75, 3.05) is 14.2 Å². The molecule has 0 aromatic heterocycles. The van der Waals surface area contributed by atoms with Gasteiger partial charge < -0.3 is 15.2 Å². The van der Waals surface area contributed by atoms with Crippen molar-refractivity contribution in [1.29, 1.82) is 0 Å². The molecule has 0 aliphatic heterocycles. The summed E-state index contributed by atoms with van der Waals surface area (Å²) >= 11 is 3.59. The van der Waals surface area contributed by atoms with Crippen LogP contribution in [0.3, 0.4) is 0 Å². The minimum Gasteiger partial charge on any atom is -0.493 e. The van der Waals surface area contributed by atoms with Crippen LogP contribution in [0.4, 0.5) is 0 Å². The van der Waals surface area contributed by atoms with E-state index in [4.69, 9.17) is 15.2 Å². The van der Waals surface area contributed by atoms with Gasteiger partial charge in [-0.2, -0.15) is 0 Å². The second kappa shape index (κ2) is 5.49. The van der Waals surface area contributed by atoms with Crippen molar-refractivity contribution in [3.05, 3.63) is 21.7 Å². The fourth-order valence-corrected chi connectivity index (χ4v) is 3.13. The highest BCUT2D eigenvalue weighted by Gasteiger charge is 2.28. The lowest BCUT2D eigenvalue weighted by Crippen LogP contribution is -2.31. The lowest BCUT2D eigenvalue weighted by Gasteiger charge is -2.28. The second-order valence-electron chi connectivity index (χ2n) is 5.26. The van der Waals surface area contributed by atoms with Gasteiger partial charge in [-0.1, -0.05) is 29.8 Å². The summed E-state index contributed by atoms with van der Waals surface area (Å²) in [4.78, 5) is 0. The molecule has 3 nitrogen and oxygen atoms in total. The zero-order valence-electron chi connectivity index (χ0n) is 11.9. The Bertz CT molecular complexity index is 436. The topological polar surface area (TPSA) is 44.5 Å². The standard InChI is InChI=1S/C14H22BrNO2/c1-8(2)11-12(14(3,4)16)9(15)7-10(17-5)13(11)18-6/h7-8H,16H2,1-6H3. The molecule has 0 amide bonds. The molecule has 0 bridgehead atoms. The summed E-state index contributed by atoms with van der Waals surface area (Å²) in [6, 6.07) is 1.91. The normalized spacial score (nSPS) is 11.8. The van der Waals surface area contributed by atoms with E-state index in [9.17, 15) is 0 Å². The molecule has 1 rings (SSSR count). The minimum atomic E-state index is -0.446. The van der Waals surface area contributed by atoms with Crippen molar-refractivity contribution in [1.82, 2.24) is 0 Å². The van der Waals surface area contributed by atoms with E-state index in [0.717, 1.165) is 27.1 Å². The summed E-state index contributed by atoms with van der Waals surface area (Å²) in [6.07, 6.45) is 0. The minimum absolute atomic E-state index is 0.296. The number of rotatable bonds is 4. The molecule has 4 heteroatoms. The third-order valence-corrected chi connectivity index (χ3v) is 3.51. The zero-order valence-corrected chi connectivity index (χ0v) is 13.5. The van der Waals surface area contributed by atoms with Crippen molar-refractivity contribution < 1.29 is 9.47 Å². The number of hydrogen-bond donors (Lipinski definition) is 1. The molecule has 0 unspecified atom stereocenters. The summed E-state index contributed by atoms with van der Waals surface area (Å²) in [5, 5.41) is 0. The molecule has 1 aromatic rings. The van der Waals surface area contributed by atoms with Crippen LogP contribution in [0.2, 0.25) is 0 Å². The van der Waals surface area contributed by atoms with E-state index in [1.807, 2.05) is 19.9 Å². The van der Waals surface area contributed by atoms with E-state index in [-0.39, 0.29) is 0 Å². The van der Waals surface area contributed by atoms with E-state index < -0.39 is 5.54 Å². The molecule has 2 N–H and O–H groups in total. The van der Waals surface area contributed by atoms with Gasteiger partial charge in [-0.15, -0.1) is 0 Å². The summed E-state index contributed by atoms with van der Waals surface area (Å²) in [5.74, 6) is 1.79. The highest BCUT2D eigenvalue weighted by molar-refractivity contribution is 9.10. The maximum absolute atomic E-state index is 6.28. The number of methoxy groups -OCH3 is 2. The summed E-state index contributed by atoms with van der Waals surface area (Å²) in [7, 11) is 3.30. The van der Waals surface area contributed by atoms with E-state index in [2.05, 4.69) is 29.8 Å². The van der Waals surface area contributed by atoms with Crippen LogP contribution in [0.15, 0.2) is 10.5 Å². The van der Waals surface area contributed by atoms with Crippen molar-refractivity contribution in [3.63, 3.8) is 0 Å². The van der Waals surface area contributed by atoms with Crippen LogP contribution in [0.5, 0.6) is 11.5 Å². The SMILES string of the molecule is COc1cc(Br)c(C(C)(C)N)c(C(C)C)c1OC. The maximum atomic E-state index is 6.28. The zero-order chi connectivity index (χ0) is 14.1. The van der Waals surface area contributed by atoms with Crippen LogP contribution in [0.25, 0.3) is 0 Å². The van der Waals surface area contributed by atoms with Gasteiger partial charge in [0, 0.05) is 15.6 Å². The van der Waals surface area contributed by atoms with E-state index >= 15 is 0 Å². The van der Waals surface area contributed by atoms with Gasteiger partial charge in [0.15, 0.2) is 11.5 Å². The average molecular weight is 316 g/mol. The molecule has 0 atom stereocenters. The van der Waals surface area contributed by atoms with Gasteiger partial charge in [-0.25, -0.2) is 0 Å². The Hall–Kier alpha value is -0.740. The highest BCUT2D eigenvalue weighted by Crippen LogP contribution is 2.45. The van der Waals surface area contributed by atoms with Gasteiger partial charge in [-0.05, 0) is 31.4 Å². The van der Waals surface area contributed by atoms with Crippen LogP contribution in [-0.2, 0) is 5.54 Å². The molecule has 18 heavy (non-hydrogen) atoms. The molecule has 0 saturated heterocycles. The van der Waals surface area contributed by atoms with E-state index in [0.29, 0.717) is 5.92 Å². The first-order valence-corrected chi connectivity index (χ1v) is 6.77. The van der Waals surface area contributed by atoms with Gasteiger partial charge in [0.2, 0.25) is 0 Å². The molecule has 1 aromatic carbocycles. The average Bonchev–Trinajstić information content (AvgIpc) is 2.25. The summed E-state index contributed by atoms with van der Waals surface area (Å²) in [5.41, 5.74) is 8.00. The molecule has 102 valence electrons. The number of halogens is 1. The van der Waals surface area contributed by atoms with Gasteiger partial charge in [0.1, 0.15) is 0 Å². The Morgan fingerprint density at radius 1 is 1.22 bits per heavy atom. The quantitative estimate of drug-likeness (QED) is 0.919. The highest BCUT2D eigenvalue weighted by atomic mass is 79.9. The first kappa shape index (κ1) is 15.3. The van der Waals surface area contributed by atoms with Crippen molar-refractivity contribution in [2.45, 2.75) is 39.2 Å². The van der Waals surface area contributed by atoms with Gasteiger partial charge in [0.05, 0.1) is 14.2 Å². The van der Waals surface area contributed by atoms with E-state index in [1.54, 1.807) is 14.2 Å². The summed E-state index contributed by atoms with van der Waals surface area (Å²) < 4.78 is 11.9. The smallest absolute Gasteiger partial charge is 0.164 e. The van der Waals surface area contributed by atoms with Crippen LogP contribution >= 0.6 is 15.9 Å². The predicted molar refractivity (Wildman–Crippen MR) is 78.5 cm³/mol. The lowest BCUT2D eigenvalue weighted by atomic mass is 9.85. The van der Waals surface area contributed by atoms with Crippen molar-refractivity contribution in [2.24, 2.45) is 5.73 Å². The van der Waals surface area contributed by atoms with Crippen LogP contribution < -0.4 is 15.2 Å². The first-order valence-electron chi connectivity index (χ1n) is 5.97. The number of benzene rings is 1. The molecule has 0 radical (unpaired) electrons. The number of hydrogen-bond acceptors (Lipinski definition) is 3.